The van der Waals surface area contributed by atoms with Gasteiger partial charge in [0.1, 0.15) is 5.82 Å². The van der Waals surface area contributed by atoms with E-state index in [2.05, 4.69) is 46.6 Å². The Morgan fingerprint density at radius 1 is 1.56 bits per heavy atom. The molecule has 4 nitrogen and oxygen atoms in total. The second-order valence-electron chi connectivity index (χ2n) is 5.54. The number of anilines is 2. The van der Waals surface area contributed by atoms with Crippen molar-refractivity contribution in [1.82, 2.24) is 4.98 Å². The van der Waals surface area contributed by atoms with E-state index < -0.39 is 0 Å². The normalized spacial score (nSPS) is 23.2. The van der Waals surface area contributed by atoms with Crippen LogP contribution in [0.2, 0.25) is 0 Å². The van der Waals surface area contributed by atoms with Gasteiger partial charge >= 0.3 is 0 Å². The maximum Gasteiger partial charge on any atom is 0.143 e. The molecule has 18 heavy (non-hydrogen) atoms. The Hall–Kier alpha value is -0.810. The monoisotopic (exact) mass is 313 g/mol. The van der Waals surface area contributed by atoms with Crippen molar-refractivity contribution in [2.45, 2.75) is 39.4 Å². The fourth-order valence-electron chi connectivity index (χ4n) is 2.41. The predicted molar refractivity (Wildman–Crippen MR) is 77.9 cm³/mol. The molecular weight excluding hydrogens is 294 g/mol. The molecular formula is C13H20BrN3O. The first-order valence-corrected chi connectivity index (χ1v) is 6.93. The number of morpholine rings is 1. The van der Waals surface area contributed by atoms with Crippen LogP contribution in [0.25, 0.3) is 0 Å². The van der Waals surface area contributed by atoms with Crippen molar-refractivity contribution in [3.63, 3.8) is 0 Å². The molecule has 0 radical (unpaired) electrons. The van der Waals surface area contributed by atoms with Crippen molar-refractivity contribution in [3.05, 3.63) is 16.2 Å². The van der Waals surface area contributed by atoms with Gasteiger partial charge in [-0.2, -0.15) is 0 Å². The van der Waals surface area contributed by atoms with E-state index in [1.165, 1.54) is 0 Å². The van der Waals surface area contributed by atoms with Crippen molar-refractivity contribution in [2.24, 2.45) is 0 Å². The summed E-state index contributed by atoms with van der Waals surface area (Å²) in [4.78, 5) is 6.72. The van der Waals surface area contributed by atoms with Gasteiger partial charge in [0.2, 0.25) is 0 Å². The van der Waals surface area contributed by atoms with Gasteiger partial charge in [-0.1, -0.05) is 0 Å². The lowest BCUT2D eigenvalue weighted by Crippen LogP contribution is -2.52. The van der Waals surface area contributed by atoms with Crippen LogP contribution in [0.15, 0.2) is 10.7 Å². The van der Waals surface area contributed by atoms with Crippen molar-refractivity contribution in [3.8, 4) is 0 Å². The quantitative estimate of drug-likeness (QED) is 0.866. The van der Waals surface area contributed by atoms with Gasteiger partial charge in [-0.15, -0.1) is 0 Å². The van der Waals surface area contributed by atoms with Crippen LogP contribution in [0.4, 0.5) is 11.5 Å². The lowest BCUT2D eigenvalue weighted by atomic mass is 10.1. The summed E-state index contributed by atoms with van der Waals surface area (Å²) in [6, 6.07) is 0. The number of nitrogen functional groups attached to an aromatic ring is 1. The minimum absolute atomic E-state index is 0.159. The van der Waals surface area contributed by atoms with Gasteiger partial charge in [-0.3, -0.25) is 0 Å². The van der Waals surface area contributed by atoms with E-state index in [1.54, 1.807) is 6.20 Å². The molecule has 0 saturated carbocycles. The highest BCUT2D eigenvalue weighted by Crippen LogP contribution is 2.33. The van der Waals surface area contributed by atoms with E-state index >= 15 is 0 Å². The molecule has 100 valence electrons. The summed E-state index contributed by atoms with van der Waals surface area (Å²) >= 11 is 3.60. The first kappa shape index (κ1) is 13.6. The Morgan fingerprint density at radius 3 is 2.83 bits per heavy atom. The van der Waals surface area contributed by atoms with Crippen molar-refractivity contribution in [1.29, 1.82) is 0 Å². The number of hydrogen-bond donors (Lipinski definition) is 1. The van der Waals surface area contributed by atoms with Gasteiger partial charge in [0.05, 0.1) is 28.1 Å². The van der Waals surface area contributed by atoms with E-state index in [-0.39, 0.29) is 11.7 Å². The minimum Gasteiger partial charge on any atom is -0.397 e. The largest absolute Gasteiger partial charge is 0.397 e. The number of halogens is 1. The smallest absolute Gasteiger partial charge is 0.143 e. The van der Waals surface area contributed by atoms with E-state index in [1.807, 2.05) is 6.92 Å². The number of aromatic nitrogens is 1. The van der Waals surface area contributed by atoms with Crippen LogP contribution in [0.5, 0.6) is 0 Å². The summed E-state index contributed by atoms with van der Waals surface area (Å²) in [6.07, 6.45) is 1.92. The molecule has 2 N–H and O–H groups in total. The van der Waals surface area contributed by atoms with Crippen LogP contribution >= 0.6 is 15.9 Å². The topological polar surface area (TPSA) is 51.4 Å². The molecule has 0 aromatic carbocycles. The van der Waals surface area contributed by atoms with Gasteiger partial charge in [0.25, 0.3) is 0 Å². The molecule has 2 heterocycles. The van der Waals surface area contributed by atoms with E-state index in [9.17, 15) is 0 Å². The average molecular weight is 314 g/mol. The first-order chi connectivity index (χ1) is 8.30. The van der Waals surface area contributed by atoms with Gasteiger partial charge in [-0.05, 0) is 49.2 Å². The third-order valence-corrected chi connectivity index (χ3v) is 4.10. The second kappa shape index (κ2) is 4.70. The first-order valence-electron chi connectivity index (χ1n) is 6.13. The van der Waals surface area contributed by atoms with Gasteiger partial charge in [0.15, 0.2) is 0 Å². The Kier molecular flexibility index (Phi) is 3.56. The zero-order valence-electron chi connectivity index (χ0n) is 11.3. The highest BCUT2D eigenvalue weighted by molar-refractivity contribution is 9.10. The molecule has 1 saturated heterocycles. The van der Waals surface area contributed by atoms with Crippen LogP contribution < -0.4 is 10.6 Å². The molecule has 0 spiro atoms. The Bertz CT molecular complexity index is 462. The predicted octanol–water partition coefficient (Wildman–Crippen LogP) is 2.74. The molecule has 5 heteroatoms. The number of nitrogens with two attached hydrogens (primary N) is 1. The van der Waals surface area contributed by atoms with Crippen LogP contribution in [-0.4, -0.2) is 29.8 Å². The van der Waals surface area contributed by atoms with E-state index in [0.717, 1.165) is 28.9 Å². The standard InChI is InChI=1S/C13H20BrN3O/c1-8-6-17(7-13(3,4)18-8)12-11(14)9(2)10(15)5-16-12/h5,8H,6-7,15H2,1-4H3. The molecule has 1 aromatic heterocycles. The maximum absolute atomic E-state index is 5.91. The van der Waals surface area contributed by atoms with Crippen molar-refractivity contribution < 1.29 is 4.74 Å². The molecule has 1 aliphatic heterocycles. The van der Waals surface area contributed by atoms with Crippen molar-refractivity contribution in [2.75, 3.05) is 23.7 Å². The molecule has 0 amide bonds. The van der Waals surface area contributed by atoms with Gasteiger partial charge in [0, 0.05) is 13.1 Å². The molecule has 1 aromatic rings. The summed E-state index contributed by atoms with van der Waals surface area (Å²) < 4.78 is 6.89. The van der Waals surface area contributed by atoms with Crippen LogP contribution in [0.3, 0.4) is 0 Å². The Balaban J connectivity index is 2.34. The number of rotatable bonds is 1. The van der Waals surface area contributed by atoms with Crippen LogP contribution in [0.1, 0.15) is 26.3 Å². The minimum atomic E-state index is -0.159. The summed E-state index contributed by atoms with van der Waals surface area (Å²) in [5.74, 6) is 0.949. The highest BCUT2D eigenvalue weighted by Gasteiger charge is 2.32. The maximum atomic E-state index is 5.91. The fraction of sp³-hybridized carbons (Fsp3) is 0.615. The molecule has 1 aliphatic rings. The highest BCUT2D eigenvalue weighted by atomic mass is 79.9. The molecule has 1 atom stereocenters. The lowest BCUT2D eigenvalue weighted by Gasteiger charge is -2.42. The third-order valence-electron chi connectivity index (χ3n) is 3.15. The third kappa shape index (κ3) is 2.62. The molecule has 1 fully saturated rings. The number of hydrogen-bond acceptors (Lipinski definition) is 4. The summed E-state index contributed by atoms with van der Waals surface area (Å²) in [7, 11) is 0. The molecule has 2 rings (SSSR count). The molecule has 1 unspecified atom stereocenters. The van der Waals surface area contributed by atoms with Crippen molar-refractivity contribution >= 4 is 27.4 Å². The van der Waals surface area contributed by atoms with E-state index in [4.69, 9.17) is 10.5 Å². The van der Waals surface area contributed by atoms with Gasteiger partial charge < -0.3 is 15.4 Å². The molecule has 0 aliphatic carbocycles. The van der Waals surface area contributed by atoms with Crippen LogP contribution in [0, 0.1) is 6.92 Å². The number of ether oxygens (including phenoxy) is 1. The van der Waals surface area contributed by atoms with E-state index in [0.29, 0.717) is 5.69 Å². The Morgan fingerprint density at radius 2 is 2.22 bits per heavy atom. The SMILES string of the molecule is Cc1c(N)cnc(N2CC(C)OC(C)(C)C2)c1Br. The summed E-state index contributed by atoms with van der Waals surface area (Å²) in [5.41, 5.74) is 7.46. The van der Waals surface area contributed by atoms with Crippen LogP contribution in [-0.2, 0) is 4.74 Å². The fourth-order valence-corrected chi connectivity index (χ4v) is 3.00. The zero-order valence-corrected chi connectivity index (χ0v) is 12.9. The number of nitrogens with zero attached hydrogens (tertiary/aromatic N) is 2. The van der Waals surface area contributed by atoms with Gasteiger partial charge in [-0.25, -0.2) is 4.98 Å². The summed E-state index contributed by atoms with van der Waals surface area (Å²) in [5, 5.41) is 0. The Labute approximate surface area is 117 Å². The second-order valence-corrected chi connectivity index (χ2v) is 6.34. The molecule has 0 bridgehead atoms. The summed E-state index contributed by atoms with van der Waals surface area (Å²) in [6.45, 7) is 9.97. The lowest BCUT2D eigenvalue weighted by molar-refractivity contribution is -0.0752. The number of pyridine rings is 1. The average Bonchev–Trinajstić information content (AvgIpc) is 2.23. The zero-order chi connectivity index (χ0) is 13.5.